The van der Waals surface area contributed by atoms with Crippen LogP contribution in [0, 0.1) is 5.82 Å². The SMILES string of the molecule is Nc1ccc(Oc2ccc(C(F)(F)F)cc2Br)c(F)c1. The first-order chi connectivity index (χ1) is 9.27. The van der Waals surface area contributed by atoms with Crippen molar-refractivity contribution in [1.82, 2.24) is 0 Å². The van der Waals surface area contributed by atoms with Crippen molar-refractivity contribution in [3.05, 3.63) is 52.3 Å². The molecule has 0 heterocycles. The Balaban J connectivity index is 2.30. The number of nitrogen functional groups attached to an aromatic ring is 1. The monoisotopic (exact) mass is 349 g/mol. The zero-order valence-electron chi connectivity index (χ0n) is 9.84. The fourth-order valence-corrected chi connectivity index (χ4v) is 1.94. The third-order valence-corrected chi connectivity index (χ3v) is 3.05. The van der Waals surface area contributed by atoms with Crippen LogP contribution in [0.3, 0.4) is 0 Å². The van der Waals surface area contributed by atoms with Gasteiger partial charge in [-0.3, -0.25) is 0 Å². The van der Waals surface area contributed by atoms with E-state index in [0.29, 0.717) is 0 Å². The third kappa shape index (κ3) is 3.22. The summed E-state index contributed by atoms with van der Waals surface area (Å²) in [4.78, 5) is 0. The predicted octanol–water partition coefficient (Wildman–Crippen LogP) is 4.98. The molecule has 0 aliphatic heterocycles. The third-order valence-electron chi connectivity index (χ3n) is 2.44. The van der Waals surface area contributed by atoms with Crippen molar-refractivity contribution in [1.29, 1.82) is 0 Å². The van der Waals surface area contributed by atoms with E-state index in [2.05, 4.69) is 15.9 Å². The van der Waals surface area contributed by atoms with Crippen LogP contribution < -0.4 is 10.5 Å². The van der Waals surface area contributed by atoms with E-state index in [1.54, 1.807) is 0 Å². The predicted molar refractivity (Wildman–Crippen MR) is 70.0 cm³/mol. The van der Waals surface area contributed by atoms with Crippen molar-refractivity contribution in [3.63, 3.8) is 0 Å². The van der Waals surface area contributed by atoms with Crippen LogP contribution in [-0.2, 0) is 6.18 Å². The summed E-state index contributed by atoms with van der Waals surface area (Å²) in [6.07, 6.45) is -4.45. The van der Waals surface area contributed by atoms with Crippen LogP contribution in [0.2, 0.25) is 0 Å². The quantitative estimate of drug-likeness (QED) is 0.612. The zero-order chi connectivity index (χ0) is 14.9. The summed E-state index contributed by atoms with van der Waals surface area (Å²) in [6, 6.07) is 6.63. The standard InChI is InChI=1S/C13H8BrF4NO/c14-9-5-7(13(16,17)18)1-3-11(9)20-12-4-2-8(19)6-10(12)15/h1-6H,19H2. The lowest BCUT2D eigenvalue weighted by molar-refractivity contribution is -0.137. The maximum atomic E-state index is 13.5. The van der Waals surface area contributed by atoms with Crippen LogP contribution >= 0.6 is 15.9 Å². The van der Waals surface area contributed by atoms with Crippen molar-refractivity contribution in [2.24, 2.45) is 0 Å². The van der Waals surface area contributed by atoms with E-state index < -0.39 is 17.6 Å². The van der Waals surface area contributed by atoms with Gasteiger partial charge in [0, 0.05) is 11.8 Å². The fraction of sp³-hybridized carbons (Fsp3) is 0.0769. The molecule has 7 heteroatoms. The number of alkyl halides is 3. The van der Waals surface area contributed by atoms with E-state index in [1.807, 2.05) is 0 Å². The molecule has 0 saturated carbocycles. The molecule has 0 radical (unpaired) electrons. The molecule has 20 heavy (non-hydrogen) atoms. The second-order valence-electron chi connectivity index (χ2n) is 3.93. The van der Waals surface area contributed by atoms with Gasteiger partial charge in [-0.05, 0) is 46.3 Å². The highest BCUT2D eigenvalue weighted by molar-refractivity contribution is 9.10. The molecule has 2 nitrogen and oxygen atoms in total. The Kier molecular flexibility index (Phi) is 3.89. The highest BCUT2D eigenvalue weighted by atomic mass is 79.9. The molecule has 0 aliphatic rings. The van der Waals surface area contributed by atoms with Gasteiger partial charge in [-0.2, -0.15) is 13.2 Å². The second kappa shape index (κ2) is 5.32. The summed E-state index contributed by atoms with van der Waals surface area (Å²) in [7, 11) is 0. The van der Waals surface area contributed by atoms with Crippen molar-refractivity contribution in [2.75, 3.05) is 5.73 Å². The Morgan fingerprint density at radius 3 is 2.20 bits per heavy atom. The second-order valence-corrected chi connectivity index (χ2v) is 4.79. The Bertz CT molecular complexity index is 643. The molecule has 2 N–H and O–H groups in total. The zero-order valence-corrected chi connectivity index (χ0v) is 11.4. The van der Waals surface area contributed by atoms with Crippen molar-refractivity contribution < 1.29 is 22.3 Å². The summed E-state index contributed by atoms with van der Waals surface area (Å²) in [5.41, 5.74) is 4.79. The number of hydrogen-bond donors (Lipinski definition) is 1. The number of halogens is 5. The Hall–Kier alpha value is -1.76. The molecule has 106 valence electrons. The number of nitrogens with two attached hydrogens (primary N) is 1. The lowest BCUT2D eigenvalue weighted by Crippen LogP contribution is -2.04. The normalized spacial score (nSPS) is 11.4. The summed E-state index contributed by atoms with van der Waals surface area (Å²) in [5.74, 6) is -0.752. The van der Waals surface area contributed by atoms with E-state index in [1.165, 1.54) is 12.1 Å². The average Bonchev–Trinajstić information content (AvgIpc) is 2.33. The molecule has 0 fully saturated rings. The number of anilines is 1. The molecular formula is C13H8BrF4NO. The molecule has 0 aromatic heterocycles. The van der Waals surface area contributed by atoms with Gasteiger partial charge in [0.05, 0.1) is 10.0 Å². The number of hydrogen-bond acceptors (Lipinski definition) is 2. The molecule has 0 saturated heterocycles. The number of ether oxygens (including phenoxy) is 1. The fourth-order valence-electron chi connectivity index (χ4n) is 1.48. The van der Waals surface area contributed by atoms with Crippen molar-refractivity contribution >= 4 is 21.6 Å². The lowest BCUT2D eigenvalue weighted by Gasteiger charge is -2.12. The van der Waals surface area contributed by atoms with Gasteiger partial charge in [0.25, 0.3) is 0 Å². The summed E-state index contributed by atoms with van der Waals surface area (Å²) < 4.78 is 56.3. The minimum atomic E-state index is -4.45. The van der Waals surface area contributed by atoms with Crippen LogP contribution in [0.5, 0.6) is 11.5 Å². The Morgan fingerprint density at radius 1 is 1.00 bits per heavy atom. The van der Waals surface area contributed by atoms with E-state index in [-0.39, 0.29) is 21.7 Å². The van der Waals surface area contributed by atoms with Crippen LogP contribution in [-0.4, -0.2) is 0 Å². The van der Waals surface area contributed by atoms with E-state index >= 15 is 0 Å². The number of rotatable bonds is 2. The smallest absolute Gasteiger partial charge is 0.416 e. The number of benzene rings is 2. The van der Waals surface area contributed by atoms with Crippen LogP contribution in [0.25, 0.3) is 0 Å². The summed E-state index contributed by atoms with van der Waals surface area (Å²) in [6.45, 7) is 0. The summed E-state index contributed by atoms with van der Waals surface area (Å²) >= 11 is 2.96. The van der Waals surface area contributed by atoms with Gasteiger partial charge in [0.1, 0.15) is 5.75 Å². The van der Waals surface area contributed by atoms with Gasteiger partial charge in [-0.1, -0.05) is 0 Å². The molecule has 2 aromatic rings. The first kappa shape index (κ1) is 14.6. The maximum Gasteiger partial charge on any atom is 0.416 e. The molecule has 0 amide bonds. The van der Waals surface area contributed by atoms with Crippen LogP contribution in [0.1, 0.15) is 5.56 Å². The highest BCUT2D eigenvalue weighted by Crippen LogP contribution is 2.37. The first-order valence-electron chi connectivity index (χ1n) is 5.37. The minimum Gasteiger partial charge on any atom is -0.453 e. The molecular weight excluding hydrogens is 342 g/mol. The molecule has 0 bridgehead atoms. The average molecular weight is 350 g/mol. The largest absolute Gasteiger partial charge is 0.453 e. The van der Waals surface area contributed by atoms with Crippen molar-refractivity contribution in [3.8, 4) is 11.5 Å². The van der Waals surface area contributed by atoms with E-state index in [9.17, 15) is 17.6 Å². The first-order valence-corrected chi connectivity index (χ1v) is 6.16. The molecule has 2 aromatic carbocycles. The summed E-state index contributed by atoms with van der Waals surface area (Å²) in [5, 5.41) is 0. The highest BCUT2D eigenvalue weighted by Gasteiger charge is 2.31. The molecule has 2 rings (SSSR count). The molecule has 0 aliphatic carbocycles. The maximum absolute atomic E-state index is 13.5. The van der Waals surface area contributed by atoms with Gasteiger partial charge in [0.2, 0.25) is 0 Å². The topological polar surface area (TPSA) is 35.2 Å². The van der Waals surface area contributed by atoms with E-state index in [4.69, 9.17) is 10.5 Å². The van der Waals surface area contributed by atoms with Gasteiger partial charge >= 0.3 is 6.18 Å². The van der Waals surface area contributed by atoms with Gasteiger partial charge < -0.3 is 10.5 Å². The molecule has 0 unspecified atom stereocenters. The van der Waals surface area contributed by atoms with Gasteiger partial charge in [-0.25, -0.2) is 4.39 Å². The minimum absolute atomic E-state index is 0.0710. The Morgan fingerprint density at radius 2 is 1.65 bits per heavy atom. The van der Waals surface area contributed by atoms with Gasteiger partial charge in [0.15, 0.2) is 11.6 Å². The molecule has 0 spiro atoms. The molecule has 0 atom stereocenters. The lowest BCUT2D eigenvalue weighted by atomic mass is 10.2. The van der Waals surface area contributed by atoms with Crippen LogP contribution in [0.4, 0.5) is 23.2 Å². The van der Waals surface area contributed by atoms with Crippen molar-refractivity contribution in [2.45, 2.75) is 6.18 Å². The van der Waals surface area contributed by atoms with Gasteiger partial charge in [-0.15, -0.1) is 0 Å². The Labute approximate surface area is 120 Å². The van der Waals surface area contributed by atoms with Crippen LogP contribution in [0.15, 0.2) is 40.9 Å². The van der Waals surface area contributed by atoms with E-state index in [0.717, 1.165) is 24.3 Å².